The van der Waals surface area contributed by atoms with Crippen LogP contribution in [-0.2, 0) is 14.4 Å². The highest BCUT2D eigenvalue weighted by Crippen LogP contribution is 2.24. The molecule has 0 spiro atoms. The summed E-state index contributed by atoms with van der Waals surface area (Å²) in [5.74, 6) is 0.580. The van der Waals surface area contributed by atoms with Gasteiger partial charge in [0.05, 0.1) is 12.2 Å². The third-order valence-electron chi connectivity index (χ3n) is 4.18. The minimum Gasteiger partial charge on any atom is -0.483 e. The molecule has 1 fully saturated rings. The first kappa shape index (κ1) is 22.8. The molecule has 1 aliphatic heterocycles. The monoisotopic (exact) mass is 391 g/mol. The van der Waals surface area contributed by atoms with Gasteiger partial charge in [-0.05, 0) is 19.8 Å². The lowest BCUT2D eigenvalue weighted by Crippen LogP contribution is -2.43. The van der Waals surface area contributed by atoms with Crippen LogP contribution in [-0.4, -0.2) is 69.8 Å². The molecular formula is C18H25N5O5. The summed E-state index contributed by atoms with van der Waals surface area (Å²) in [4.78, 5) is 29.8. The first-order valence-electron chi connectivity index (χ1n) is 8.61. The predicted octanol–water partition coefficient (Wildman–Crippen LogP) is 0.701. The number of anilines is 1. The first-order chi connectivity index (χ1) is 13.5. The van der Waals surface area contributed by atoms with E-state index in [2.05, 4.69) is 32.5 Å². The van der Waals surface area contributed by atoms with E-state index >= 15 is 0 Å². The molecule has 5 N–H and O–H groups in total. The Morgan fingerprint density at radius 1 is 1.18 bits per heavy atom. The number of nitrogens with one attached hydrogen (secondary N) is 1. The van der Waals surface area contributed by atoms with Crippen LogP contribution in [0.4, 0.5) is 5.82 Å². The molecule has 152 valence electrons. The number of hydrogen-bond donors (Lipinski definition) is 4. The molecule has 1 saturated heterocycles. The van der Waals surface area contributed by atoms with Crippen LogP contribution in [0.25, 0.3) is 10.8 Å². The molecular weight excluding hydrogens is 366 g/mol. The number of primary amides is 1. The molecule has 0 bridgehead atoms. The van der Waals surface area contributed by atoms with Crippen molar-refractivity contribution in [3.8, 4) is 0 Å². The van der Waals surface area contributed by atoms with Crippen molar-refractivity contribution in [2.45, 2.75) is 25.8 Å². The normalized spacial score (nSPS) is 14.0. The Balaban J connectivity index is 0.000000582. The van der Waals surface area contributed by atoms with Gasteiger partial charge >= 0.3 is 0 Å². The van der Waals surface area contributed by atoms with Crippen LogP contribution < -0.4 is 11.1 Å². The summed E-state index contributed by atoms with van der Waals surface area (Å²) in [5.41, 5.74) is 6.19. The highest BCUT2D eigenvalue weighted by molar-refractivity contribution is 5.92. The van der Waals surface area contributed by atoms with Gasteiger partial charge in [0.15, 0.2) is 5.82 Å². The maximum Gasteiger partial charge on any atom is 0.290 e. The van der Waals surface area contributed by atoms with Gasteiger partial charge in [0.25, 0.3) is 12.9 Å². The minimum atomic E-state index is -0.262. The lowest BCUT2D eigenvalue weighted by molar-refractivity contribution is -0.123. The average Bonchev–Trinajstić information content (AvgIpc) is 2.67. The molecule has 0 unspecified atom stereocenters. The number of carbonyl (C=O) groups is 3. The van der Waals surface area contributed by atoms with Crippen LogP contribution in [0.1, 0.15) is 18.5 Å². The number of piperidine rings is 1. The lowest BCUT2D eigenvalue weighted by Gasteiger charge is -2.31. The van der Waals surface area contributed by atoms with Gasteiger partial charge in [0, 0.05) is 29.9 Å². The van der Waals surface area contributed by atoms with E-state index in [1.807, 2.05) is 19.1 Å². The maximum atomic E-state index is 11.0. The van der Waals surface area contributed by atoms with Crippen LogP contribution in [0.5, 0.6) is 0 Å². The standard InChI is InChI=1S/C16H21N5O.2CH2O2/c1-11-13-4-2-3-5-14(13)16(20-19-11)18-12-6-8-21(9-7-12)10-15(17)22;2*2-1-3/h2-5,12H,6-10H2,1H3,(H2,17,22)(H,18,20);2*1H,(H,2,3). The molecule has 1 aromatic heterocycles. The molecule has 28 heavy (non-hydrogen) atoms. The van der Waals surface area contributed by atoms with Gasteiger partial charge in [0.2, 0.25) is 5.91 Å². The van der Waals surface area contributed by atoms with Crippen molar-refractivity contribution in [2.24, 2.45) is 5.73 Å². The van der Waals surface area contributed by atoms with Crippen molar-refractivity contribution >= 4 is 35.4 Å². The Kier molecular flexibility index (Phi) is 9.90. The molecule has 2 heterocycles. The molecule has 3 rings (SSSR count). The Morgan fingerprint density at radius 2 is 1.71 bits per heavy atom. The molecule has 10 nitrogen and oxygen atoms in total. The smallest absolute Gasteiger partial charge is 0.290 e. The van der Waals surface area contributed by atoms with Crippen molar-refractivity contribution in [1.82, 2.24) is 15.1 Å². The number of benzene rings is 1. The molecule has 1 aliphatic rings. The summed E-state index contributed by atoms with van der Waals surface area (Å²) in [6, 6.07) is 8.53. The number of nitrogens with zero attached hydrogens (tertiary/aromatic N) is 3. The van der Waals surface area contributed by atoms with E-state index in [-0.39, 0.29) is 18.9 Å². The molecule has 0 atom stereocenters. The summed E-state index contributed by atoms with van der Waals surface area (Å²) in [7, 11) is 0. The highest BCUT2D eigenvalue weighted by Gasteiger charge is 2.21. The van der Waals surface area contributed by atoms with Gasteiger partial charge in [0.1, 0.15) is 0 Å². The topological polar surface area (TPSA) is 159 Å². The van der Waals surface area contributed by atoms with Gasteiger partial charge in [-0.2, -0.15) is 5.10 Å². The molecule has 0 aliphatic carbocycles. The van der Waals surface area contributed by atoms with Crippen molar-refractivity contribution < 1.29 is 24.6 Å². The van der Waals surface area contributed by atoms with E-state index in [4.69, 9.17) is 25.5 Å². The van der Waals surface area contributed by atoms with Crippen LogP contribution in [0.15, 0.2) is 24.3 Å². The highest BCUT2D eigenvalue weighted by atomic mass is 16.3. The second-order valence-corrected chi connectivity index (χ2v) is 6.05. The van der Waals surface area contributed by atoms with Crippen LogP contribution in [0.3, 0.4) is 0 Å². The quantitative estimate of drug-likeness (QED) is 0.550. The number of aryl methyl sites for hydroxylation is 1. The van der Waals surface area contributed by atoms with Crippen molar-refractivity contribution in [2.75, 3.05) is 25.0 Å². The van der Waals surface area contributed by atoms with Gasteiger partial charge in [-0.15, -0.1) is 5.10 Å². The summed E-state index contributed by atoms with van der Waals surface area (Å²) >= 11 is 0. The van der Waals surface area contributed by atoms with E-state index < -0.39 is 0 Å². The van der Waals surface area contributed by atoms with Crippen molar-refractivity contribution in [3.05, 3.63) is 30.0 Å². The Labute approximate surface area is 162 Å². The fraction of sp³-hybridized carbons (Fsp3) is 0.389. The minimum absolute atomic E-state index is 0.250. The van der Waals surface area contributed by atoms with Crippen LogP contribution in [0, 0.1) is 6.92 Å². The largest absolute Gasteiger partial charge is 0.483 e. The van der Waals surface area contributed by atoms with Gasteiger partial charge in [-0.25, -0.2) is 0 Å². The first-order valence-corrected chi connectivity index (χ1v) is 8.61. The average molecular weight is 391 g/mol. The molecule has 0 saturated carbocycles. The lowest BCUT2D eigenvalue weighted by atomic mass is 10.0. The Morgan fingerprint density at radius 3 is 2.25 bits per heavy atom. The predicted molar refractivity (Wildman–Crippen MR) is 104 cm³/mol. The molecule has 10 heteroatoms. The Bertz CT molecular complexity index is 772. The summed E-state index contributed by atoms with van der Waals surface area (Å²) in [5, 5.41) is 28.1. The number of carbonyl (C=O) groups excluding carboxylic acids is 1. The number of amides is 1. The van der Waals surface area contributed by atoms with E-state index in [1.165, 1.54) is 0 Å². The van der Waals surface area contributed by atoms with Crippen LogP contribution in [0.2, 0.25) is 0 Å². The van der Waals surface area contributed by atoms with Crippen LogP contribution >= 0.6 is 0 Å². The number of rotatable bonds is 4. The van der Waals surface area contributed by atoms with Crippen molar-refractivity contribution in [3.63, 3.8) is 0 Å². The zero-order valence-electron chi connectivity index (χ0n) is 15.6. The summed E-state index contributed by atoms with van der Waals surface area (Å²) in [6.45, 7) is 3.57. The van der Waals surface area contributed by atoms with E-state index in [1.54, 1.807) is 0 Å². The second kappa shape index (κ2) is 12.2. The third-order valence-corrected chi connectivity index (χ3v) is 4.18. The summed E-state index contributed by atoms with van der Waals surface area (Å²) in [6.07, 6.45) is 1.94. The molecule has 1 aromatic carbocycles. The maximum absolute atomic E-state index is 11.0. The fourth-order valence-electron chi connectivity index (χ4n) is 2.99. The van der Waals surface area contributed by atoms with E-state index in [0.29, 0.717) is 12.6 Å². The van der Waals surface area contributed by atoms with E-state index in [9.17, 15) is 4.79 Å². The molecule has 1 amide bonds. The molecule has 2 aromatic rings. The Hall–Kier alpha value is -3.27. The number of aromatic nitrogens is 2. The number of carboxylic acid groups (broad SMARTS) is 2. The van der Waals surface area contributed by atoms with Gasteiger partial charge in [-0.3, -0.25) is 19.3 Å². The number of nitrogens with two attached hydrogens (primary N) is 1. The van der Waals surface area contributed by atoms with E-state index in [0.717, 1.165) is 48.2 Å². The summed E-state index contributed by atoms with van der Waals surface area (Å²) < 4.78 is 0. The zero-order valence-corrected chi connectivity index (χ0v) is 15.6. The molecule has 0 radical (unpaired) electrons. The number of likely N-dealkylation sites (tertiary alicyclic amines) is 1. The van der Waals surface area contributed by atoms with Gasteiger partial charge < -0.3 is 21.3 Å². The van der Waals surface area contributed by atoms with Crippen molar-refractivity contribution in [1.29, 1.82) is 0 Å². The fourth-order valence-corrected chi connectivity index (χ4v) is 2.99. The number of hydrogen-bond acceptors (Lipinski definition) is 7. The van der Waals surface area contributed by atoms with Gasteiger partial charge in [-0.1, -0.05) is 24.3 Å². The second-order valence-electron chi connectivity index (χ2n) is 6.05. The zero-order chi connectivity index (χ0) is 20.9. The number of fused-ring (bicyclic) bond motifs is 1. The third kappa shape index (κ3) is 7.16. The SMILES string of the molecule is Cc1nnc(NC2CCN(CC(N)=O)CC2)c2ccccc12.O=CO.O=CO.